The third-order valence-electron chi connectivity index (χ3n) is 2.41. The van der Waals surface area contributed by atoms with Gasteiger partial charge in [-0.1, -0.05) is 0 Å². The molecule has 12 nitrogen and oxygen atoms in total. The number of hydrogen-bond acceptors (Lipinski definition) is 9. The molecule has 15 heteroatoms. The summed E-state index contributed by atoms with van der Waals surface area (Å²) in [5.41, 5.74) is 0. The molecule has 0 aromatic rings. The van der Waals surface area contributed by atoms with Crippen LogP contribution in [0.15, 0.2) is 21.6 Å². The van der Waals surface area contributed by atoms with Crippen molar-refractivity contribution in [3.05, 3.63) is 21.6 Å². The summed E-state index contributed by atoms with van der Waals surface area (Å²) in [6.07, 6.45) is -3.57. The lowest BCUT2D eigenvalue weighted by Gasteiger charge is -2.31. The maximum Gasteiger partial charge on any atom is 0.302 e. The predicted octanol–water partition coefficient (Wildman–Crippen LogP) is -2.63. The largest absolute Gasteiger partial charge is 0.505 e. The lowest BCUT2D eigenvalue weighted by atomic mass is 10.1. The van der Waals surface area contributed by atoms with Crippen molar-refractivity contribution in [1.29, 1.82) is 0 Å². The second kappa shape index (κ2) is 4.71. The van der Waals surface area contributed by atoms with Crippen molar-refractivity contribution in [2.45, 2.75) is 11.0 Å². The van der Waals surface area contributed by atoms with Crippen molar-refractivity contribution >= 4 is 30.4 Å². The Bertz CT molecular complexity index is 841. The van der Waals surface area contributed by atoms with Gasteiger partial charge in [0.15, 0.2) is 5.76 Å². The van der Waals surface area contributed by atoms with Crippen molar-refractivity contribution in [1.82, 2.24) is 0 Å². The number of aliphatic hydroxyl groups is 3. The van der Waals surface area contributed by atoms with Crippen molar-refractivity contribution in [2.75, 3.05) is 0 Å². The molecule has 0 bridgehead atoms. The first kappa shape index (κ1) is 18.0. The van der Waals surface area contributed by atoms with Crippen LogP contribution in [0.3, 0.4) is 0 Å². The van der Waals surface area contributed by atoms with E-state index in [1.807, 2.05) is 0 Å². The van der Waals surface area contributed by atoms with Gasteiger partial charge < -0.3 is 15.3 Å². The topological polar surface area (TPSA) is 224 Å². The summed E-state index contributed by atoms with van der Waals surface area (Å²) in [6.45, 7) is 0. The van der Waals surface area contributed by atoms with Crippen LogP contribution in [0.5, 0.6) is 0 Å². The van der Waals surface area contributed by atoms with E-state index in [0.717, 1.165) is 0 Å². The fraction of sp³-hybridized carbons (Fsp3) is 0.333. The summed E-state index contributed by atoms with van der Waals surface area (Å²) in [5, 5.41) is 28.4. The van der Waals surface area contributed by atoms with Crippen LogP contribution in [0.25, 0.3) is 0 Å². The van der Waals surface area contributed by atoms with Gasteiger partial charge in [0.1, 0.15) is 15.9 Å². The second-order valence-electron chi connectivity index (χ2n) is 3.80. The predicted molar refractivity (Wildman–Crippen MR) is 63.3 cm³/mol. The first-order valence-corrected chi connectivity index (χ1v) is 8.84. The Morgan fingerprint density at radius 2 is 1.38 bits per heavy atom. The monoisotopic (exact) mass is 368 g/mol. The molecule has 2 atom stereocenters. The highest BCUT2D eigenvalue weighted by Gasteiger charge is 2.56. The van der Waals surface area contributed by atoms with Crippen LogP contribution < -0.4 is 0 Å². The minimum absolute atomic E-state index is 0.396. The molecule has 0 spiro atoms. The molecule has 0 aromatic carbocycles. The molecule has 0 fully saturated rings. The van der Waals surface area contributed by atoms with E-state index in [1.54, 1.807) is 0 Å². The highest BCUT2D eigenvalue weighted by Crippen LogP contribution is 2.38. The van der Waals surface area contributed by atoms with Crippen LogP contribution in [-0.2, 0) is 30.4 Å². The summed E-state index contributed by atoms with van der Waals surface area (Å²) in [5.74, 6) is -1.93. The Morgan fingerprint density at radius 3 is 1.67 bits per heavy atom. The van der Waals surface area contributed by atoms with Gasteiger partial charge in [0.2, 0.25) is 4.93 Å². The molecule has 6 N–H and O–H groups in total. The third-order valence-corrected chi connectivity index (χ3v) is 5.42. The molecule has 1 rings (SSSR count). The van der Waals surface area contributed by atoms with E-state index < -0.39 is 63.0 Å². The van der Waals surface area contributed by atoms with Crippen LogP contribution in [0, 0.1) is 0 Å². The summed E-state index contributed by atoms with van der Waals surface area (Å²) in [7, 11) is -16.9. The van der Waals surface area contributed by atoms with Crippen molar-refractivity contribution in [3.63, 3.8) is 0 Å². The Hall–Kier alpha value is -1.07. The number of hydrogen-bond donors (Lipinski definition) is 6. The average Bonchev–Trinajstić information content (AvgIpc) is 2.18. The second-order valence-corrected chi connectivity index (χ2v) is 8.19. The van der Waals surface area contributed by atoms with E-state index in [-0.39, 0.29) is 0 Å². The molecule has 0 aliphatic heterocycles. The average molecular weight is 368 g/mol. The number of rotatable bonds is 3. The zero-order valence-corrected chi connectivity index (χ0v) is 12.0. The lowest BCUT2D eigenvalue weighted by molar-refractivity contribution is 0.0329. The minimum Gasteiger partial charge on any atom is -0.505 e. The van der Waals surface area contributed by atoms with Gasteiger partial charge in [0, 0.05) is 0 Å². The first-order valence-electron chi connectivity index (χ1n) is 4.52. The Balaban J connectivity index is 3.97. The zero-order valence-electron chi connectivity index (χ0n) is 9.51. The first-order chi connectivity index (χ1) is 9.03. The fourth-order valence-corrected chi connectivity index (χ4v) is 3.83. The third kappa shape index (κ3) is 2.94. The van der Waals surface area contributed by atoms with E-state index >= 15 is 0 Å². The number of aliphatic hydroxyl groups excluding tert-OH is 2. The van der Waals surface area contributed by atoms with Gasteiger partial charge in [0.05, 0.1) is 0 Å². The normalized spacial score (nSPS) is 28.4. The quantitative estimate of drug-likeness (QED) is 0.281. The van der Waals surface area contributed by atoms with E-state index in [9.17, 15) is 40.6 Å². The lowest BCUT2D eigenvalue weighted by Crippen LogP contribution is -2.52. The molecule has 1 aliphatic rings. The molecule has 1 aliphatic carbocycles. The highest BCUT2D eigenvalue weighted by molar-refractivity contribution is 7.91. The Kier molecular flexibility index (Phi) is 4.04. The molecule has 122 valence electrons. The summed E-state index contributed by atoms with van der Waals surface area (Å²) < 4.78 is 92.2. The molecule has 0 aromatic heterocycles. The summed E-state index contributed by atoms with van der Waals surface area (Å²) in [6, 6.07) is 0. The molecular formula is C6H8O12S3. The highest BCUT2D eigenvalue weighted by atomic mass is 32.2. The Labute approximate surface area is 117 Å². The van der Waals surface area contributed by atoms with Crippen LogP contribution in [0.1, 0.15) is 0 Å². The van der Waals surface area contributed by atoms with Gasteiger partial charge >= 0.3 is 10.1 Å². The zero-order chi connectivity index (χ0) is 17.0. The van der Waals surface area contributed by atoms with Crippen molar-refractivity contribution in [2.24, 2.45) is 0 Å². The van der Waals surface area contributed by atoms with Gasteiger partial charge in [-0.05, 0) is 6.08 Å². The van der Waals surface area contributed by atoms with E-state index in [4.69, 9.17) is 13.7 Å². The van der Waals surface area contributed by atoms with Crippen LogP contribution in [0.2, 0.25) is 0 Å². The fourth-order valence-electron chi connectivity index (χ4n) is 1.45. The van der Waals surface area contributed by atoms with Crippen molar-refractivity contribution in [3.8, 4) is 0 Å². The van der Waals surface area contributed by atoms with Gasteiger partial charge in [0.25, 0.3) is 20.2 Å². The standard InChI is InChI=1S/C6H8O12S3/c7-3-2(19(10,11)12)1-6(9,21(16,17)18)5(8)4(3)20(13,14)15/h1,5,7-9H,(H,10,11,12)(H,13,14,15)(H,16,17,18). The van der Waals surface area contributed by atoms with E-state index in [0.29, 0.717) is 0 Å². The van der Waals surface area contributed by atoms with Crippen LogP contribution in [-0.4, -0.2) is 65.3 Å². The maximum absolute atomic E-state index is 11.0. The molecule has 21 heavy (non-hydrogen) atoms. The molecule has 2 unspecified atom stereocenters. The van der Waals surface area contributed by atoms with Crippen LogP contribution >= 0.6 is 0 Å². The summed E-state index contributed by atoms with van der Waals surface area (Å²) >= 11 is 0. The van der Waals surface area contributed by atoms with Gasteiger partial charge in [-0.2, -0.15) is 25.3 Å². The Morgan fingerprint density at radius 1 is 0.952 bits per heavy atom. The SMILES string of the molecule is O=S(=O)(O)C1=CC(O)(S(=O)(=O)O)C(O)C(S(=O)(=O)O)=C1O. The van der Waals surface area contributed by atoms with Gasteiger partial charge in [-0.3, -0.25) is 13.7 Å². The maximum atomic E-state index is 11.0. The minimum atomic E-state index is -5.75. The summed E-state index contributed by atoms with van der Waals surface area (Å²) in [4.78, 5) is -7.87. The molecule has 0 radical (unpaired) electrons. The molecule has 0 amide bonds. The molecular weight excluding hydrogens is 360 g/mol. The smallest absolute Gasteiger partial charge is 0.302 e. The van der Waals surface area contributed by atoms with Crippen molar-refractivity contribution < 1.29 is 54.2 Å². The van der Waals surface area contributed by atoms with Gasteiger partial charge in [-0.15, -0.1) is 0 Å². The van der Waals surface area contributed by atoms with Gasteiger partial charge in [-0.25, -0.2) is 0 Å². The van der Waals surface area contributed by atoms with E-state index in [2.05, 4.69) is 0 Å². The molecule has 0 heterocycles. The molecule has 0 saturated carbocycles. The molecule has 0 saturated heterocycles. The van der Waals surface area contributed by atoms with Crippen LogP contribution in [0.4, 0.5) is 0 Å². The van der Waals surface area contributed by atoms with E-state index in [1.165, 1.54) is 0 Å².